The number of anilines is 1. The van der Waals surface area contributed by atoms with E-state index in [1.807, 2.05) is 6.07 Å². The lowest BCUT2D eigenvalue weighted by molar-refractivity contribution is 0.253. The molecule has 2 aliphatic rings. The summed E-state index contributed by atoms with van der Waals surface area (Å²) in [7, 11) is 0. The summed E-state index contributed by atoms with van der Waals surface area (Å²) < 4.78 is 0. The maximum Gasteiger partial charge on any atom is 0.144 e. The van der Waals surface area contributed by atoms with Gasteiger partial charge in [0.05, 0.1) is 5.56 Å². The minimum Gasteiger partial charge on any atom is -0.368 e. The van der Waals surface area contributed by atoms with Crippen molar-refractivity contribution in [2.24, 2.45) is 5.41 Å². The van der Waals surface area contributed by atoms with Gasteiger partial charge in [-0.15, -0.1) is 0 Å². The summed E-state index contributed by atoms with van der Waals surface area (Å²) in [5.41, 5.74) is 3.41. The maximum absolute atomic E-state index is 9.38. The van der Waals surface area contributed by atoms with E-state index in [1.54, 1.807) is 0 Å². The largest absolute Gasteiger partial charge is 0.368 e. The summed E-state index contributed by atoms with van der Waals surface area (Å²) in [6.07, 6.45) is 7.00. The number of aryl methyl sites for hydroxylation is 2. The number of hydrogen-bond acceptors (Lipinski definition) is 4. The van der Waals surface area contributed by atoms with Crippen molar-refractivity contribution in [2.75, 3.05) is 25.0 Å². The van der Waals surface area contributed by atoms with Crippen molar-refractivity contribution in [1.82, 2.24) is 10.3 Å². The average Bonchev–Trinajstić information content (AvgIpc) is 2.53. The second-order valence-electron chi connectivity index (χ2n) is 6.75. The molecule has 2 heterocycles. The van der Waals surface area contributed by atoms with Crippen LogP contribution in [0.2, 0.25) is 0 Å². The van der Waals surface area contributed by atoms with Gasteiger partial charge in [0.25, 0.3) is 0 Å². The molecule has 112 valence electrons. The Morgan fingerprint density at radius 2 is 2.24 bits per heavy atom. The SMILES string of the molecule is CC1(CNc2nc3c(cc2C#N)CCCC3)CCCNC1. The number of aromatic nitrogens is 1. The Morgan fingerprint density at radius 3 is 3.00 bits per heavy atom. The van der Waals surface area contributed by atoms with E-state index in [-0.39, 0.29) is 5.41 Å². The molecule has 0 radical (unpaired) electrons. The van der Waals surface area contributed by atoms with Crippen LogP contribution in [0.4, 0.5) is 5.82 Å². The first-order chi connectivity index (χ1) is 10.2. The van der Waals surface area contributed by atoms with Crippen molar-refractivity contribution in [3.8, 4) is 6.07 Å². The van der Waals surface area contributed by atoms with Crippen molar-refractivity contribution in [3.63, 3.8) is 0 Å². The highest BCUT2D eigenvalue weighted by molar-refractivity contribution is 5.54. The Balaban J connectivity index is 1.76. The summed E-state index contributed by atoms with van der Waals surface area (Å²) in [4.78, 5) is 4.75. The van der Waals surface area contributed by atoms with E-state index in [1.165, 1.54) is 36.9 Å². The van der Waals surface area contributed by atoms with Gasteiger partial charge in [-0.1, -0.05) is 6.92 Å². The Bertz CT molecular complexity index is 553. The first-order valence-corrected chi connectivity index (χ1v) is 8.08. The molecule has 1 aromatic rings. The van der Waals surface area contributed by atoms with Gasteiger partial charge in [0.2, 0.25) is 0 Å². The monoisotopic (exact) mass is 284 g/mol. The summed E-state index contributed by atoms with van der Waals surface area (Å²) in [5, 5.41) is 16.3. The lowest BCUT2D eigenvalue weighted by Crippen LogP contribution is -2.42. The number of rotatable bonds is 3. The number of nitriles is 1. The van der Waals surface area contributed by atoms with E-state index in [0.29, 0.717) is 5.56 Å². The minimum atomic E-state index is 0.253. The van der Waals surface area contributed by atoms with Crippen molar-refractivity contribution in [3.05, 3.63) is 22.9 Å². The molecule has 3 rings (SSSR count). The van der Waals surface area contributed by atoms with Crippen LogP contribution < -0.4 is 10.6 Å². The zero-order chi connectivity index (χ0) is 14.7. The number of nitrogens with zero attached hydrogens (tertiary/aromatic N) is 2. The molecule has 1 aliphatic heterocycles. The van der Waals surface area contributed by atoms with Crippen LogP contribution in [0.1, 0.15) is 49.4 Å². The molecule has 1 unspecified atom stereocenters. The smallest absolute Gasteiger partial charge is 0.144 e. The van der Waals surface area contributed by atoms with Gasteiger partial charge in [-0.2, -0.15) is 5.26 Å². The fourth-order valence-electron chi connectivity index (χ4n) is 3.42. The molecule has 1 aromatic heterocycles. The molecule has 4 heteroatoms. The normalized spacial score (nSPS) is 25.0. The van der Waals surface area contributed by atoms with Crippen molar-refractivity contribution in [1.29, 1.82) is 5.26 Å². The van der Waals surface area contributed by atoms with Crippen LogP contribution >= 0.6 is 0 Å². The van der Waals surface area contributed by atoms with Gasteiger partial charge < -0.3 is 10.6 Å². The zero-order valence-corrected chi connectivity index (χ0v) is 12.8. The van der Waals surface area contributed by atoms with Gasteiger partial charge in [0.15, 0.2) is 0 Å². The summed E-state index contributed by atoms with van der Waals surface area (Å²) in [5.74, 6) is 0.782. The number of nitrogens with one attached hydrogen (secondary N) is 2. The molecule has 1 saturated heterocycles. The fourth-order valence-corrected chi connectivity index (χ4v) is 3.42. The summed E-state index contributed by atoms with van der Waals surface area (Å²) >= 11 is 0. The van der Waals surface area contributed by atoms with Crippen LogP contribution in [0.25, 0.3) is 0 Å². The number of piperidine rings is 1. The van der Waals surface area contributed by atoms with Gasteiger partial charge >= 0.3 is 0 Å². The van der Waals surface area contributed by atoms with Crippen LogP contribution in [0, 0.1) is 16.7 Å². The predicted molar refractivity (Wildman–Crippen MR) is 84.3 cm³/mol. The molecule has 1 fully saturated rings. The third kappa shape index (κ3) is 3.19. The first kappa shape index (κ1) is 14.3. The third-order valence-electron chi connectivity index (χ3n) is 4.79. The first-order valence-electron chi connectivity index (χ1n) is 8.08. The van der Waals surface area contributed by atoms with E-state index in [2.05, 4.69) is 23.6 Å². The van der Waals surface area contributed by atoms with E-state index < -0.39 is 0 Å². The van der Waals surface area contributed by atoms with Gasteiger partial charge in [0.1, 0.15) is 11.9 Å². The lowest BCUT2D eigenvalue weighted by atomic mass is 9.83. The molecule has 21 heavy (non-hydrogen) atoms. The molecular formula is C17H24N4. The number of fused-ring (bicyclic) bond motifs is 1. The van der Waals surface area contributed by atoms with Crippen LogP contribution in [-0.4, -0.2) is 24.6 Å². The predicted octanol–water partition coefficient (Wildman–Crippen LogP) is 2.63. The molecule has 0 aromatic carbocycles. The molecule has 1 atom stereocenters. The van der Waals surface area contributed by atoms with Gasteiger partial charge in [-0.05, 0) is 62.1 Å². The number of hydrogen-bond donors (Lipinski definition) is 2. The van der Waals surface area contributed by atoms with E-state index in [9.17, 15) is 5.26 Å². The summed E-state index contributed by atoms with van der Waals surface area (Å²) in [6.45, 7) is 5.33. The zero-order valence-electron chi connectivity index (χ0n) is 12.8. The molecule has 4 nitrogen and oxygen atoms in total. The summed E-state index contributed by atoms with van der Waals surface area (Å²) in [6, 6.07) is 4.35. The Hall–Kier alpha value is -1.60. The molecule has 2 N–H and O–H groups in total. The van der Waals surface area contributed by atoms with Crippen LogP contribution in [0.15, 0.2) is 6.07 Å². The highest BCUT2D eigenvalue weighted by Gasteiger charge is 2.27. The second kappa shape index (κ2) is 6.03. The van der Waals surface area contributed by atoms with Crippen LogP contribution in [-0.2, 0) is 12.8 Å². The molecule has 1 aliphatic carbocycles. The van der Waals surface area contributed by atoms with Crippen LogP contribution in [0.3, 0.4) is 0 Å². The second-order valence-corrected chi connectivity index (χ2v) is 6.75. The highest BCUT2D eigenvalue weighted by Crippen LogP contribution is 2.28. The number of pyridine rings is 1. The molecule has 0 amide bonds. The maximum atomic E-state index is 9.38. The Morgan fingerprint density at radius 1 is 1.38 bits per heavy atom. The van der Waals surface area contributed by atoms with Crippen molar-refractivity contribution in [2.45, 2.75) is 45.4 Å². The fraction of sp³-hybridized carbons (Fsp3) is 0.647. The van der Waals surface area contributed by atoms with Crippen LogP contribution in [0.5, 0.6) is 0 Å². The van der Waals surface area contributed by atoms with E-state index in [4.69, 9.17) is 4.98 Å². The van der Waals surface area contributed by atoms with Gasteiger partial charge in [-0.3, -0.25) is 0 Å². The topological polar surface area (TPSA) is 60.7 Å². The minimum absolute atomic E-state index is 0.253. The van der Waals surface area contributed by atoms with Gasteiger partial charge in [-0.25, -0.2) is 4.98 Å². The van der Waals surface area contributed by atoms with E-state index in [0.717, 1.165) is 38.3 Å². The van der Waals surface area contributed by atoms with E-state index >= 15 is 0 Å². The quantitative estimate of drug-likeness (QED) is 0.896. The Kier molecular flexibility index (Phi) is 4.12. The standard InChI is InChI=1S/C17H24N4/c1-17(7-4-8-19-11-17)12-20-16-14(10-18)9-13-5-2-3-6-15(13)21-16/h9,19H,2-8,11-12H2,1H3,(H,20,21). The molecule has 0 bridgehead atoms. The third-order valence-corrected chi connectivity index (χ3v) is 4.79. The highest BCUT2D eigenvalue weighted by atomic mass is 15.0. The molecule has 0 saturated carbocycles. The molecule has 0 spiro atoms. The lowest BCUT2D eigenvalue weighted by Gasteiger charge is -2.34. The van der Waals surface area contributed by atoms with Crippen molar-refractivity contribution < 1.29 is 0 Å². The molecular weight excluding hydrogens is 260 g/mol. The Labute approximate surface area is 127 Å². The van der Waals surface area contributed by atoms with Gasteiger partial charge in [0, 0.05) is 18.8 Å². The van der Waals surface area contributed by atoms with Crippen molar-refractivity contribution >= 4 is 5.82 Å². The average molecular weight is 284 g/mol.